The van der Waals surface area contributed by atoms with E-state index < -0.39 is 23.5 Å². The highest BCUT2D eigenvalue weighted by Crippen LogP contribution is 2.26. The van der Waals surface area contributed by atoms with Crippen molar-refractivity contribution >= 4 is 45.8 Å². The zero-order valence-electron chi connectivity index (χ0n) is 19.5. The lowest BCUT2D eigenvalue weighted by molar-refractivity contribution is 0.0953. The van der Waals surface area contributed by atoms with Crippen LogP contribution in [0.15, 0.2) is 23.6 Å². The van der Waals surface area contributed by atoms with Gasteiger partial charge in [0.05, 0.1) is 18.5 Å². The molecule has 0 spiro atoms. The lowest BCUT2D eigenvalue weighted by Gasteiger charge is -2.33. The molecule has 0 unspecified atom stereocenters. The van der Waals surface area contributed by atoms with Crippen LogP contribution in [0.3, 0.4) is 0 Å². The summed E-state index contributed by atoms with van der Waals surface area (Å²) in [7, 11) is 2.08. The van der Waals surface area contributed by atoms with Crippen LogP contribution in [0.2, 0.25) is 0 Å². The molecule has 1 aliphatic rings. The second-order valence-electron chi connectivity index (χ2n) is 7.62. The van der Waals surface area contributed by atoms with Gasteiger partial charge in [-0.1, -0.05) is 34.9 Å². The first-order valence-corrected chi connectivity index (χ1v) is 12.7. The second-order valence-corrected chi connectivity index (χ2v) is 9.59. The smallest absolute Gasteiger partial charge is 0.311 e. The van der Waals surface area contributed by atoms with Crippen molar-refractivity contribution in [2.45, 2.75) is 5.16 Å². The Labute approximate surface area is 219 Å². The van der Waals surface area contributed by atoms with Crippen LogP contribution in [0, 0.1) is 35.2 Å². The number of nitrogens with one attached hydrogen (secondary N) is 2. The van der Waals surface area contributed by atoms with Gasteiger partial charge in [0.15, 0.2) is 10.3 Å². The van der Waals surface area contributed by atoms with E-state index in [0.29, 0.717) is 26.7 Å². The third kappa shape index (κ3) is 7.29. The van der Waals surface area contributed by atoms with Gasteiger partial charge in [-0.2, -0.15) is 19.0 Å². The first kappa shape index (κ1) is 26.2. The molecule has 0 aliphatic carbocycles. The first-order chi connectivity index (χ1) is 17.9. The molecular formula is C22H20F2N10OS2. The number of amides is 1. The van der Waals surface area contributed by atoms with Gasteiger partial charge >= 0.3 is 6.08 Å². The Morgan fingerprint density at radius 2 is 1.97 bits per heavy atom. The first-order valence-electron chi connectivity index (χ1n) is 10.9. The minimum Gasteiger partial charge on any atom is -0.354 e. The standard InChI is InChI=1S/C22H20F2N10OS2/c1-33-5-7-34(8-6-33)17-10-16(29-21-28-12-14(11-25)37-21)30-22(31-17)36-9-3-2-4-26-19(35)15-13-27-20(24)32-18(15)23/h10,12-13H,4-9H2,1H3,(H,26,35)(H,28,29,30,31). The van der Waals surface area contributed by atoms with Gasteiger partial charge in [0.2, 0.25) is 5.95 Å². The number of nitrogens with zero attached hydrogens (tertiary/aromatic N) is 8. The van der Waals surface area contributed by atoms with Gasteiger partial charge in [0.1, 0.15) is 28.1 Å². The molecule has 0 aromatic carbocycles. The average molecular weight is 543 g/mol. The number of rotatable bonds is 7. The Balaban J connectivity index is 1.38. The highest BCUT2D eigenvalue weighted by atomic mass is 32.2. The number of carbonyl (C=O) groups excluding carboxylic acids is 1. The van der Waals surface area contributed by atoms with Crippen LogP contribution in [0.5, 0.6) is 0 Å². The SMILES string of the molecule is CN1CCN(c2cc(Nc3ncc(C#N)s3)nc(SCC#CCNC(=O)c3cnc(F)nc3F)n2)CC1. The van der Waals surface area contributed by atoms with Gasteiger partial charge in [0, 0.05) is 38.4 Å². The maximum absolute atomic E-state index is 13.6. The summed E-state index contributed by atoms with van der Waals surface area (Å²) < 4.78 is 26.3. The highest BCUT2D eigenvalue weighted by molar-refractivity contribution is 7.99. The van der Waals surface area contributed by atoms with Crippen molar-refractivity contribution in [3.05, 3.63) is 40.9 Å². The molecule has 0 atom stereocenters. The highest BCUT2D eigenvalue weighted by Gasteiger charge is 2.18. The maximum Gasteiger partial charge on any atom is 0.311 e. The Hall–Kier alpha value is -3.92. The van der Waals surface area contributed by atoms with E-state index in [2.05, 4.69) is 70.3 Å². The molecule has 1 amide bonds. The van der Waals surface area contributed by atoms with E-state index in [9.17, 15) is 13.6 Å². The third-order valence-corrected chi connectivity index (χ3v) is 6.61. The molecular weight excluding hydrogens is 522 g/mol. The molecule has 0 radical (unpaired) electrons. The fourth-order valence-corrected chi connectivity index (χ4v) is 4.40. The summed E-state index contributed by atoms with van der Waals surface area (Å²) in [5.74, 6) is 5.29. The van der Waals surface area contributed by atoms with Gasteiger partial charge in [-0.25, -0.2) is 19.9 Å². The monoisotopic (exact) mass is 542 g/mol. The number of anilines is 3. The van der Waals surface area contributed by atoms with E-state index in [4.69, 9.17) is 5.26 Å². The summed E-state index contributed by atoms with van der Waals surface area (Å²) in [6, 6.07) is 3.91. The average Bonchev–Trinajstić information content (AvgIpc) is 3.33. The van der Waals surface area contributed by atoms with Crippen LogP contribution in [0.25, 0.3) is 0 Å². The molecule has 2 N–H and O–H groups in total. The molecule has 3 aromatic heterocycles. The number of halogens is 2. The van der Waals surface area contributed by atoms with Gasteiger partial charge < -0.3 is 20.4 Å². The number of thiazole rings is 1. The number of thioether (sulfide) groups is 1. The minimum absolute atomic E-state index is 0.0452. The molecule has 1 fully saturated rings. The van der Waals surface area contributed by atoms with Crippen molar-refractivity contribution in [2.75, 3.05) is 55.7 Å². The lowest BCUT2D eigenvalue weighted by atomic mass is 10.3. The number of hydrogen-bond acceptors (Lipinski definition) is 12. The summed E-state index contributed by atoms with van der Waals surface area (Å²) in [4.78, 5) is 36.3. The fraction of sp³-hybridized carbons (Fsp3) is 0.318. The summed E-state index contributed by atoms with van der Waals surface area (Å²) in [5.41, 5.74) is -0.464. The molecule has 1 saturated heterocycles. The van der Waals surface area contributed by atoms with Crippen molar-refractivity contribution in [3.63, 3.8) is 0 Å². The Morgan fingerprint density at radius 1 is 1.16 bits per heavy atom. The van der Waals surface area contributed by atoms with Gasteiger partial charge in [-0.3, -0.25) is 4.79 Å². The van der Waals surface area contributed by atoms with Crippen LogP contribution in [-0.2, 0) is 0 Å². The van der Waals surface area contributed by atoms with Crippen molar-refractivity contribution < 1.29 is 13.6 Å². The largest absolute Gasteiger partial charge is 0.354 e. The molecule has 15 heteroatoms. The van der Waals surface area contributed by atoms with Crippen molar-refractivity contribution in [2.24, 2.45) is 0 Å². The Bertz CT molecular complexity index is 1380. The van der Waals surface area contributed by atoms with Crippen LogP contribution in [0.1, 0.15) is 15.2 Å². The Kier molecular flexibility index (Phi) is 8.73. The number of hydrogen-bond donors (Lipinski definition) is 2. The number of likely N-dealkylation sites (N-methyl/N-ethyl adjacent to an activating group) is 1. The minimum atomic E-state index is -1.25. The molecule has 3 aromatic rings. The van der Waals surface area contributed by atoms with Gasteiger partial charge in [-0.15, -0.1) is 0 Å². The zero-order chi connectivity index (χ0) is 26.2. The normalized spacial score (nSPS) is 13.4. The zero-order valence-corrected chi connectivity index (χ0v) is 21.2. The fourth-order valence-electron chi connectivity index (χ4n) is 3.16. The molecule has 1 aliphatic heterocycles. The molecule has 4 rings (SSSR count). The molecule has 37 heavy (non-hydrogen) atoms. The van der Waals surface area contributed by atoms with Crippen LogP contribution < -0.4 is 15.5 Å². The predicted octanol–water partition coefficient (Wildman–Crippen LogP) is 1.89. The number of nitriles is 1. The summed E-state index contributed by atoms with van der Waals surface area (Å²) in [5, 5.41) is 15.7. The van der Waals surface area contributed by atoms with E-state index >= 15 is 0 Å². The van der Waals surface area contributed by atoms with Gasteiger partial charge in [-0.05, 0) is 7.05 Å². The summed E-state index contributed by atoms with van der Waals surface area (Å²) >= 11 is 2.54. The predicted molar refractivity (Wildman–Crippen MR) is 135 cm³/mol. The summed E-state index contributed by atoms with van der Waals surface area (Å²) in [6.07, 6.45) is 1.03. The molecule has 11 nitrogen and oxygen atoms in total. The lowest BCUT2D eigenvalue weighted by Crippen LogP contribution is -2.44. The van der Waals surface area contributed by atoms with Crippen LogP contribution >= 0.6 is 23.1 Å². The topological polar surface area (TPSA) is 136 Å². The third-order valence-electron chi connectivity index (χ3n) is 5.06. The van der Waals surface area contributed by atoms with Gasteiger partial charge in [0.25, 0.3) is 5.91 Å². The van der Waals surface area contributed by atoms with Crippen LogP contribution in [0.4, 0.5) is 25.5 Å². The van der Waals surface area contributed by atoms with E-state index in [1.165, 1.54) is 29.3 Å². The summed E-state index contributed by atoms with van der Waals surface area (Å²) in [6.45, 7) is 3.44. The van der Waals surface area contributed by atoms with Crippen molar-refractivity contribution in [1.29, 1.82) is 5.26 Å². The van der Waals surface area contributed by atoms with E-state index in [1.807, 2.05) is 6.07 Å². The number of carbonyl (C=O) groups is 1. The van der Waals surface area contributed by atoms with Crippen molar-refractivity contribution in [3.8, 4) is 17.9 Å². The van der Waals surface area contributed by atoms with Crippen molar-refractivity contribution in [1.82, 2.24) is 35.1 Å². The number of aromatic nitrogens is 5. The molecule has 190 valence electrons. The molecule has 0 bridgehead atoms. The number of piperazine rings is 1. The maximum atomic E-state index is 13.6. The Morgan fingerprint density at radius 3 is 2.70 bits per heavy atom. The quantitative estimate of drug-likeness (QED) is 0.196. The molecule has 0 saturated carbocycles. The van der Waals surface area contributed by atoms with E-state index in [-0.39, 0.29) is 6.54 Å². The molecule has 4 heterocycles. The van der Waals surface area contributed by atoms with E-state index in [0.717, 1.165) is 38.2 Å². The second kappa shape index (κ2) is 12.4. The van der Waals surface area contributed by atoms with Crippen LogP contribution in [-0.4, -0.2) is 81.3 Å². The van der Waals surface area contributed by atoms with E-state index in [1.54, 1.807) is 0 Å².